The van der Waals surface area contributed by atoms with Crippen LogP contribution in [0.2, 0.25) is 0 Å². The molecule has 0 atom stereocenters. The summed E-state index contributed by atoms with van der Waals surface area (Å²) >= 11 is 0. The molecule has 208 valence electrons. The van der Waals surface area contributed by atoms with Gasteiger partial charge in [0.25, 0.3) is 0 Å². The maximum absolute atomic E-state index is 6.14. The summed E-state index contributed by atoms with van der Waals surface area (Å²) in [5.41, 5.74) is 22.2. The lowest BCUT2D eigenvalue weighted by Crippen LogP contribution is -2.31. The van der Waals surface area contributed by atoms with Crippen molar-refractivity contribution in [2.24, 2.45) is 0 Å². The Balaban J connectivity index is 1.67. The Morgan fingerprint density at radius 1 is 0.500 bits per heavy atom. The highest BCUT2D eigenvalue weighted by molar-refractivity contribution is 5.99. The lowest BCUT2D eigenvalue weighted by atomic mass is 9.64. The van der Waals surface area contributed by atoms with Gasteiger partial charge in [-0.05, 0) is 95.8 Å². The third-order valence-corrected chi connectivity index (χ3v) is 9.38. The van der Waals surface area contributed by atoms with Gasteiger partial charge >= 0.3 is 0 Å². The molecule has 42 heavy (non-hydrogen) atoms. The van der Waals surface area contributed by atoms with Crippen LogP contribution in [0.25, 0.3) is 22.8 Å². The Labute approximate surface area is 250 Å². The molecule has 5 aromatic rings. The van der Waals surface area contributed by atoms with Gasteiger partial charge in [0.1, 0.15) is 0 Å². The third-order valence-electron chi connectivity index (χ3n) is 9.38. The third kappa shape index (κ3) is 3.83. The average Bonchev–Trinajstić information content (AvgIpc) is 3.18. The van der Waals surface area contributed by atoms with E-state index in [0.717, 1.165) is 5.69 Å². The predicted molar refractivity (Wildman–Crippen MR) is 179 cm³/mol. The van der Waals surface area contributed by atoms with Gasteiger partial charge in [-0.25, -0.2) is 0 Å². The van der Waals surface area contributed by atoms with Gasteiger partial charge in [0.05, 0.1) is 5.41 Å². The number of rotatable bonds is 1. The number of anilines is 1. The summed E-state index contributed by atoms with van der Waals surface area (Å²) in [7, 11) is 0. The second-order valence-electron chi connectivity index (χ2n) is 14.1. The van der Waals surface area contributed by atoms with Gasteiger partial charge in [0.2, 0.25) is 0 Å². The van der Waals surface area contributed by atoms with Crippen LogP contribution in [0.1, 0.15) is 91.6 Å². The van der Waals surface area contributed by atoms with E-state index in [4.69, 9.17) is 5.73 Å². The van der Waals surface area contributed by atoms with Crippen LogP contribution in [0.4, 0.5) is 5.69 Å². The highest BCUT2D eigenvalue weighted by Crippen LogP contribution is 2.60. The van der Waals surface area contributed by atoms with Crippen molar-refractivity contribution in [1.29, 1.82) is 0 Å². The van der Waals surface area contributed by atoms with Crippen LogP contribution in [-0.4, -0.2) is 0 Å². The molecule has 1 spiro atoms. The van der Waals surface area contributed by atoms with Crippen molar-refractivity contribution in [2.45, 2.75) is 57.8 Å². The van der Waals surface area contributed by atoms with E-state index in [-0.39, 0.29) is 10.8 Å². The summed E-state index contributed by atoms with van der Waals surface area (Å²) < 4.78 is 0. The highest BCUT2D eigenvalue weighted by Gasteiger charge is 2.49. The van der Waals surface area contributed by atoms with E-state index in [1.165, 1.54) is 66.8 Å². The summed E-state index contributed by atoms with van der Waals surface area (Å²) in [6.07, 6.45) is 2.40. The summed E-state index contributed by atoms with van der Waals surface area (Å²) in [4.78, 5) is 0. The van der Waals surface area contributed by atoms with Gasteiger partial charge in [-0.15, -0.1) is 0 Å². The van der Waals surface area contributed by atoms with E-state index in [1.54, 1.807) is 0 Å². The van der Waals surface area contributed by atoms with E-state index in [1.807, 2.05) is 12.1 Å². The monoisotopic (exact) mass is 545 g/mol. The summed E-state index contributed by atoms with van der Waals surface area (Å²) in [6.45, 7) is 13.9. The van der Waals surface area contributed by atoms with Gasteiger partial charge < -0.3 is 5.73 Å². The first-order valence-electron chi connectivity index (χ1n) is 15.1. The molecule has 0 heterocycles. The minimum atomic E-state index is -0.466. The van der Waals surface area contributed by atoms with Crippen molar-refractivity contribution in [1.82, 2.24) is 0 Å². The standard InChI is InChI=1S/C41H39N/c1-39(2,3)28-17-21-32-33-22-18-29(40(4,5)6)25-38(33)41(37(32)24-28)35-13-9-7-11-27(35)23-34(26-15-19-30(42)20-16-26)31-12-8-10-14-36(31)41/h7-25H,42H2,1-6H3. The summed E-state index contributed by atoms with van der Waals surface area (Å²) in [5.74, 6) is 0. The normalized spacial score (nSPS) is 14.9. The van der Waals surface area contributed by atoms with Gasteiger partial charge in [-0.3, -0.25) is 0 Å². The first-order valence-corrected chi connectivity index (χ1v) is 15.1. The number of hydrogen-bond donors (Lipinski definition) is 1. The molecule has 0 saturated carbocycles. The van der Waals surface area contributed by atoms with Crippen molar-refractivity contribution in [3.63, 3.8) is 0 Å². The number of benzene rings is 5. The smallest absolute Gasteiger partial charge is 0.0725 e. The molecule has 0 saturated heterocycles. The molecule has 0 aromatic heterocycles. The molecule has 0 amide bonds. The number of hydrogen-bond acceptors (Lipinski definition) is 1. The zero-order valence-electron chi connectivity index (χ0n) is 25.5. The quantitative estimate of drug-likeness (QED) is 0.204. The lowest BCUT2D eigenvalue weighted by Gasteiger charge is -2.37. The van der Waals surface area contributed by atoms with Crippen LogP contribution in [0.5, 0.6) is 0 Å². The fourth-order valence-electron chi connectivity index (χ4n) is 7.13. The second kappa shape index (κ2) is 9.07. The van der Waals surface area contributed by atoms with Crippen molar-refractivity contribution in [3.05, 3.63) is 159 Å². The van der Waals surface area contributed by atoms with Crippen molar-refractivity contribution >= 4 is 17.3 Å². The Morgan fingerprint density at radius 2 is 1.02 bits per heavy atom. The molecule has 7 rings (SSSR count). The molecule has 0 fully saturated rings. The van der Waals surface area contributed by atoms with Crippen molar-refractivity contribution < 1.29 is 0 Å². The Hall–Kier alpha value is -4.36. The maximum Gasteiger partial charge on any atom is 0.0725 e. The van der Waals surface area contributed by atoms with Crippen LogP contribution in [0, 0.1) is 0 Å². The van der Waals surface area contributed by atoms with Gasteiger partial charge in [-0.2, -0.15) is 0 Å². The molecule has 0 aliphatic heterocycles. The second-order valence-corrected chi connectivity index (χ2v) is 14.1. The maximum atomic E-state index is 6.14. The summed E-state index contributed by atoms with van der Waals surface area (Å²) in [5, 5.41) is 0. The van der Waals surface area contributed by atoms with Gasteiger partial charge in [-0.1, -0.05) is 139 Å². The Morgan fingerprint density at radius 3 is 1.60 bits per heavy atom. The van der Waals surface area contributed by atoms with E-state index in [9.17, 15) is 0 Å². The lowest BCUT2D eigenvalue weighted by molar-refractivity contribution is 0.586. The fourth-order valence-corrected chi connectivity index (χ4v) is 7.13. The molecule has 2 aliphatic carbocycles. The molecular formula is C41H39N. The minimum Gasteiger partial charge on any atom is -0.399 e. The number of nitrogen functional groups attached to an aromatic ring is 1. The molecule has 1 nitrogen and oxygen atoms in total. The largest absolute Gasteiger partial charge is 0.399 e. The van der Waals surface area contributed by atoms with E-state index in [2.05, 4.69) is 145 Å². The van der Waals surface area contributed by atoms with Gasteiger partial charge in [0.15, 0.2) is 0 Å². The van der Waals surface area contributed by atoms with Gasteiger partial charge in [0, 0.05) is 5.69 Å². The van der Waals surface area contributed by atoms with Crippen LogP contribution in [0.3, 0.4) is 0 Å². The zero-order valence-corrected chi connectivity index (χ0v) is 25.5. The Kier molecular flexibility index (Phi) is 5.73. The first-order chi connectivity index (χ1) is 20.0. The topological polar surface area (TPSA) is 26.0 Å². The van der Waals surface area contributed by atoms with Crippen molar-refractivity contribution in [3.8, 4) is 11.1 Å². The number of nitrogens with two attached hydrogens (primary N) is 1. The molecule has 5 aromatic carbocycles. The molecule has 2 aliphatic rings. The first kappa shape index (κ1) is 26.5. The molecule has 0 radical (unpaired) electrons. The fraction of sp³-hybridized carbons (Fsp3) is 0.220. The van der Waals surface area contributed by atoms with E-state index < -0.39 is 5.41 Å². The molecule has 0 bridgehead atoms. The van der Waals surface area contributed by atoms with E-state index >= 15 is 0 Å². The van der Waals surface area contributed by atoms with Crippen LogP contribution in [-0.2, 0) is 16.2 Å². The van der Waals surface area contributed by atoms with Crippen LogP contribution < -0.4 is 5.73 Å². The summed E-state index contributed by atoms with van der Waals surface area (Å²) in [6, 6.07) is 40.9. The average molecular weight is 546 g/mol. The molecule has 0 unspecified atom stereocenters. The van der Waals surface area contributed by atoms with E-state index in [0.29, 0.717) is 0 Å². The predicted octanol–water partition coefficient (Wildman–Crippen LogP) is 10.1. The van der Waals surface area contributed by atoms with Crippen LogP contribution >= 0.6 is 0 Å². The minimum absolute atomic E-state index is 0.0265. The Bertz CT molecular complexity index is 1820. The SMILES string of the molecule is CC(C)(C)c1ccc2c(c1)C1(c3ccccc3C=C(c3ccc(N)cc3)c3ccccc31)c1cc(C(C)(C)C)ccc1-2. The molecule has 2 N–H and O–H groups in total. The molecule has 1 heteroatoms. The van der Waals surface area contributed by atoms with Crippen LogP contribution in [0.15, 0.2) is 109 Å². The zero-order chi connectivity index (χ0) is 29.4. The molecular weight excluding hydrogens is 506 g/mol. The van der Waals surface area contributed by atoms with Crippen molar-refractivity contribution in [2.75, 3.05) is 5.73 Å². The number of fused-ring (bicyclic) bond motifs is 9. The highest BCUT2D eigenvalue weighted by atomic mass is 14.5.